The van der Waals surface area contributed by atoms with Crippen molar-refractivity contribution in [3.05, 3.63) is 47.8 Å². The van der Waals surface area contributed by atoms with Crippen molar-refractivity contribution in [3.8, 4) is 5.75 Å². The summed E-state index contributed by atoms with van der Waals surface area (Å²) in [6.07, 6.45) is -0.224. The maximum absolute atomic E-state index is 13.7. The molecule has 0 aromatic heterocycles. The van der Waals surface area contributed by atoms with Crippen molar-refractivity contribution < 1.29 is 17.9 Å². The maximum atomic E-state index is 13.7. The number of hydrogen-bond donors (Lipinski definition) is 2. The summed E-state index contributed by atoms with van der Waals surface area (Å²) in [5.74, 6) is -2.06. The van der Waals surface area contributed by atoms with Crippen molar-refractivity contribution in [2.75, 3.05) is 11.1 Å². The zero-order valence-electron chi connectivity index (χ0n) is 11.6. The van der Waals surface area contributed by atoms with Crippen LogP contribution >= 0.6 is 0 Å². The SMILES string of the molecule is CC(C)Oc1cc(Nc2ccc(F)cc2F)c(N)cc1F. The highest BCUT2D eigenvalue weighted by Crippen LogP contribution is 2.31. The quantitative estimate of drug-likeness (QED) is 0.831. The summed E-state index contributed by atoms with van der Waals surface area (Å²) >= 11 is 0. The smallest absolute Gasteiger partial charge is 0.167 e. The summed E-state index contributed by atoms with van der Waals surface area (Å²) in [7, 11) is 0. The highest BCUT2D eigenvalue weighted by atomic mass is 19.1. The van der Waals surface area contributed by atoms with Crippen molar-refractivity contribution in [1.29, 1.82) is 0 Å². The van der Waals surface area contributed by atoms with Gasteiger partial charge in [-0.15, -0.1) is 0 Å². The molecular formula is C15H15F3N2O. The number of halogens is 3. The Hall–Kier alpha value is -2.37. The van der Waals surface area contributed by atoms with Gasteiger partial charge in [-0.05, 0) is 26.0 Å². The highest BCUT2D eigenvalue weighted by Gasteiger charge is 2.12. The van der Waals surface area contributed by atoms with E-state index in [0.717, 1.165) is 18.2 Å². The van der Waals surface area contributed by atoms with Crippen LogP contribution < -0.4 is 15.8 Å². The number of benzene rings is 2. The predicted octanol–water partition coefficient (Wildman–Crippen LogP) is 4.22. The van der Waals surface area contributed by atoms with Gasteiger partial charge in [0, 0.05) is 18.2 Å². The van der Waals surface area contributed by atoms with Crippen LogP contribution in [0.5, 0.6) is 5.75 Å². The van der Waals surface area contributed by atoms with E-state index in [1.165, 1.54) is 12.1 Å². The van der Waals surface area contributed by atoms with Gasteiger partial charge in [0.2, 0.25) is 0 Å². The first-order chi connectivity index (χ1) is 9.86. The van der Waals surface area contributed by atoms with Gasteiger partial charge >= 0.3 is 0 Å². The molecule has 2 rings (SSSR count). The summed E-state index contributed by atoms with van der Waals surface area (Å²) in [6.45, 7) is 3.51. The summed E-state index contributed by atoms with van der Waals surface area (Å²) in [5.41, 5.74) is 6.09. The molecule has 0 heterocycles. The third kappa shape index (κ3) is 3.59. The van der Waals surface area contributed by atoms with Crippen molar-refractivity contribution in [3.63, 3.8) is 0 Å². The summed E-state index contributed by atoms with van der Waals surface area (Å²) in [4.78, 5) is 0. The van der Waals surface area contributed by atoms with Gasteiger partial charge in [-0.1, -0.05) is 0 Å². The number of hydrogen-bond acceptors (Lipinski definition) is 3. The summed E-state index contributed by atoms with van der Waals surface area (Å²) < 4.78 is 45.5. The Kier molecular flexibility index (Phi) is 4.26. The molecule has 0 spiro atoms. The normalized spacial score (nSPS) is 10.8. The zero-order valence-corrected chi connectivity index (χ0v) is 11.6. The second kappa shape index (κ2) is 5.95. The van der Waals surface area contributed by atoms with E-state index in [1.54, 1.807) is 13.8 Å². The third-order valence-corrected chi connectivity index (χ3v) is 2.67. The van der Waals surface area contributed by atoms with Crippen molar-refractivity contribution in [1.82, 2.24) is 0 Å². The topological polar surface area (TPSA) is 47.3 Å². The lowest BCUT2D eigenvalue weighted by Gasteiger charge is -2.15. The van der Waals surface area contributed by atoms with Crippen LogP contribution in [-0.2, 0) is 0 Å². The molecule has 0 bridgehead atoms. The first-order valence-electron chi connectivity index (χ1n) is 6.34. The molecule has 0 aliphatic carbocycles. The van der Waals surface area contributed by atoms with E-state index in [-0.39, 0.29) is 28.9 Å². The molecule has 0 fully saturated rings. The molecule has 2 aromatic rings. The first-order valence-corrected chi connectivity index (χ1v) is 6.34. The molecule has 0 saturated carbocycles. The second-order valence-corrected chi connectivity index (χ2v) is 4.79. The fourth-order valence-electron chi connectivity index (χ4n) is 1.76. The number of anilines is 3. The zero-order chi connectivity index (χ0) is 15.6. The van der Waals surface area contributed by atoms with Gasteiger partial charge in [-0.2, -0.15) is 0 Å². The fourth-order valence-corrected chi connectivity index (χ4v) is 1.76. The van der Waals surface area contributed by atoms with Crippen LogP contribution in [0.1, 0.15) is 13.8 Å². The summed E-state index contributed by atoms with van der Waals surface area (Å²) in [6, 6.07) is 5.51. The largest absolute Gasteiger partial charge is 0.488 e. The van der Waals surface area contributed by atoms with Crippen molar-refractivity contribution >= 4 is 17.1 Å². The van der Waals surface area contributed by atoms with Gasteiger partial charge in [-0.25, -0.2) is 13.2 Å². The van der Waals surface area contributed by atoms with E-state index < -0.39 is 17.5 Å². The molecule has 21 heavy (non-hydrogen) atoms. The minimum absolute atomic E-state index is 0.00391. The molecule has 0 radical (unpaired) electrons. The van der Waals surface area contributed by atoms with E-state index in [9.17, 15) is 13.2 Å². The van der Waals surface area contributed by atoms with E-state index >= 15 is 0 Å². The Morgan fingerprint density at radius 1 is 1.00 bits per heavy atom. The van der Waals surface area contributed by atoms with Crippen LogP contribution in [0, 0.1) is 17.5 Å². The molecule has 112 valence electrons. The lowest BCUT2D eigenvalue weighted by atomic mass is 10.2. The Labute approximate surface area is 120 Å². The first kappa shape index (κ1) is 15.0. The van der Waals surface area contributed by atoms with Gasteiger partial charge in [0.05, 0.1) is 23.2 Å². The lowest BCUT2D eigenvalue weighted by molar-refractivity contribution is 0.231. The average Bonchev–Trinajstić information content (AvgIpc) is 2.37. The molecule has 6 heteroatoms. The van der Waals surface area contributed by atoms with Gasteiger partial charge < -0.3 is 15.8 Å². The minimum Gasteiger partial charge on any atom is -0.488 e. The minimum atomic E-state index is -0.773. The second-order valence-electron chi connectivity index (χ2n) is 4.79. The van der Waals surface area contributed by atoms with Gasteiger partial charge in [0.15, 0.2) is 11.6 Å². The van der Waals surface area contributed by atoms with Crippen LogP contribution in [0.15, 0.2) is 30.3 Å². The van der Waals surface area contributed by atoms with E-state index in [2.05, 4.69) is 5.32 Å². The Balaban J connectivity index is 2.34. The summed E-state index contributed by atoms with van der Waals surface area (Å²) in [5, 5.41) is 2.70. The predicted molar refractivity (Wildman–Crippen MR) is 76.2 cm³/mol. The number of nitrogen functional groups attached to an aromatic ring is 1. The molecule has 0 aliphatic rings. The van der Waals surface area contributed by atoms with Crippen LogP contribution in [0.3, 0.4) is 0 Å². The molecule has 0 aliphatic heterocycles. The van der Waals surface area contributed by atoms with Gasteiger partial charge in [-0.3, -0.25) is 0 Å². The van der Waals surface area contributed by atoms with Crippen LogP contribution in [0.2, 0.25) is 0 Å². The number of rotatable bonds is 4. The molecule has 0 unspecified atom stereocenters. The number of nitrogens with two attached hydrogens (primary N) is 1. The van der Waals surface area contributed by atoms with Gasteiger partial charge in [0.1, 0.15) is 11.6 Å². The molecule has 0 saturated heterocycles. The Morgan fingerprint density at radius 3 is 2.33 bits per heavy atom. The number of ether oxygens (including phenoxy) is 1. The molecule has 3 N–H and O–H groups in total. The molecule has 0 amide bonds. The lowest BCUT2D eigenvalue weighted by Crippen LogP contribution is -2.08. The third-order valence-electron chi connectivity index (χ3n) is 2.67. The average molecular weight is 296 g/mol. The standard InChI is InChI=1S/C15H15F3N2O/c1-8(2)21-15-7-14(12(19)6-11(15)18)20-13-4-3-9(16)5-10(13)17/h3-8,20H,19H2,1-2H3. The monoisotopic (exact) mass is 296 g/mol. The molecule has 3 nitrogen and oxygen atoms in total. The maximum Gasteiger partial charge on any atom is 0.167 e. The van der Waals surface area contributed by atoms with E-state index in [0.29, 0.717) is 0 Å². The fraction of sp³-hybridized carbons (Fsp3) is 0.200. The Bertz CT molecular complexity index is 660. The van der Waals surface area contributed by atoms with Crippen LogP contribution in [0.25, 0.3) is 0 Å². The molecule has 0 atom stereocenters. The van der Waals surface area contributed by atoms with Crippen molar-refractivity contribution in [2.45, 2.75) is 20.0 Å². The van der Waals surface area contributed by atoms with Crippen LogP contribution in [-0.4, -0.2) is 6.10 Å². The molecular weight excluding hydrogens is 281 g/mol. The van der Waals surface area contributed by atoms with Crippen LogP contribution in [0.4, 0.5) is 30.2 Å². The molecule has 2 aromatic carbocycles. The van der Waals surface area contributed by atoms with Gasteiger partial charge in [0.25, 0.3) is 0 Å². The number of nitrogens with one attached hydrogen (secondary N) is 1. The van der Waals surface area contributed by atoms with Crippen molar-refractivity contribution in [2.24, 2.45) is 0 Å². The Morgan fingerprint density at radius 2 is 1.71 bits per heavy atom. The van der Waals surface area contributed by atoms with E-state index in [1.807, 2.05) is 0 Å². The van der Waals surface area contributed by atoms with E-state index in [4.69, 9.17) is 10.5 Å². The highest BCUT2D eigenvalue weighted by molar-refractivity contribution is 5.74.